The number of nitrogens with one attached hydrogen (secondary N) is 1. The fraction of sp³-hybridized carbons (Fsp3) is 0.900. The van der Waals surface area contributed by atoms with Crippen molar-refractivity contribution >= 4 is 0 Å². The third-order valence-electron chi connectivity index (χ3n) is 4.01. The first-order valence-electron chi connectivity index (χ1n) is 4.84. The average Bonchev–Trinajstić information content (AvgIpc) is 2.21. The zero-order chi connectivity index (χ0) is 8.66. The number of nitrogens with zero attached hydrogens (tertiary/aromatic N) is 1. The maximum Gasteiger partial charge on any atom is 0.0689 e. The van der Waals surface area contributed by atoms with E-state index < -0.39 is 0 Å². The Kier molecular flexibility index (Phi) is 1.66. The summed E-state index contributed by atoms with van der Waals surface area (Å²) in [5, 5.41) is 12.5. The second-order valence-corrected chi connectivity index (χ2v) is 4.42. The Bertz CT molecular complexity index is 202. The first-order chi connectivity index (χ1) is 5.74. The highest BCUT2D eigenvalue weighted by Crippen LogP contribution is 2.51. The summed E-state index contributed by atoms with van der Waals surface area (Å²) < 4.78 is 0. The van der Waals surface area contributed by atoms with Gasteiger partial charge in [-0.2, -0.15) is 5.26 Å². The normalized spacial score (nSPS) is 45.7. The van der Waals surface area contributed by atoms with Crippen LogP contribution in [0.4, 0.5) is 0 Å². The lowest BCUT2D eigenvalue weighted by Gasteiger charge is -2.50. The van der Waals surface area contributed by atoms with Crippen LogP contribution in [-0.2, 0) is 0 Å². The van der Waals surface area contributed by atoms with Gasteiger partial charge in [-0.05, 0) is 45.6 Å². The van der Waals surface area contributed by atoms with E-state index in [1.165, 1.54) is 19.3 Å². The quantitative estimate of drug-likeness (QED) is 0.641. The molecule has 0 aromatic rings. The van der Waals surface area contributed by atoms with E-state index in [2.05, 4.69) is 18.4 Å². The molecule has 66 valence electrons. The fourth-order valence-electron chi connectivity index (χ4n) is 2.73. The summed E-state index contributed by atoms with van der Waals surface area (Å²) in [5.41, 5.74) is 0.469. The zero-order valence-corrected chi connectivity index (χ0v) is 7.69. The molecule has 0 heterocycles. The minimum Gasteiger partial charge on any atom is -0.314 e. The molecule has 0 aliphatic heterocycles. The van der Waals surface area contributed by atoms with Crippen LogP contribution in [-0.4, -0.2) is 12.6 Å². The molecule has 3 aliphatic carbocycles. The van der Waals surface area contributed by atoms with Gasteiger partial charge in [0.25, 0.3) is 0 Å². The standard InChI is InChI=1S/C10H16N2/c1-12-10-5-2-9(8-11,3-6-10)4-7-10/h12H,2-7H2,1H3. The molecule has 3 saturated carbocycles. The Labute approximate surface area is 74.0 Å². The van der Waals surface area contributed by atoms with Crippen molar-refractivity contribution in [3.63, 3.8) is 0 Å². The van der Waals surface area contributed by atoms with Crippen molar-refractivity contribution in [2.45, 2.75) is 44.1 Å². The molecular weight excluding hydrogens is 148 g/mol. The van der Waals surface area contributed by atoms with Crippen molar-refractivity contribution < 1.29 is 0 Å². The van der Waals surface area contributed by atoms with Crippen molar-refractivity contribution in [2.24, 2.45) is 5.41 Å². The van der Waals surface area contributed by atoms with Crippen LogP contribution in [0.5, 0.6) is 0 Å². The maximum absolute atomic E-state index is 9.05. The lowest BCUT2D eigenvalue weighted by atomic mass is 9.58. The van der Waals surface area contributed by atoms with E-state index >= 15 is 0 Å². The van der Waals surface area contributed by atoms with Crippen LogP contribution >= 0.6 is 0 Å². The number of hydrogen-bond donors (Lipinski definition) is 1. The van der Waals surface area contributed by atoms with E-state index in [9.17, 15) is 0 Å². The largest absolute Gasteiger partial charge is 0.314 e. The molecule has 0 aromatic heterocycles. The van der Waals surface area contributed by atoms with Crippen molar-refractivity contribution in [3.05, 3.63) is 0 Å². The Hall–Kier alpha value is -0.550. The number of nitriles is 1. The highest BCUT2D eigenvalue weighted by atomic mass is 15.0. The van der Waals surface area contributed by atoms with Crippen LogP contribution in [0.3, 0.4) is 0 Å². The highest BCUT2D eigenvalue weighted by molar-refractivity contribution is 5.11. The topological polar surface area (TPSA) is 35.8 Å². The molecule has 2 bridgehead atoms. The fourth-order valence-corrected chi connectivity index (χ4v) is 2.73. The molecule has 3 rings (SSSR count). The first kappa shape index (κ1) is 8.07. The molecule has 2 heteroatoms. The van der Waals surface area contributed by atoms with Gasteiger partial charge in [0.15, 0.2) is 0 Å². The third-order valence-corrected chi connectivity index (χ3v) is 4.01. The molecule has 3 aliphatic rings. The van der Waals surface area contributed by atoms with Gasteiger partial charge >= 0.3 is 0 Å². The molecule has 2 nitrogen and oxygen atoms in total. The van der Waals surface area contributed by atoms with Crippen molar-refractivity contribution in [2.75, 3.05) is 7.05 Å². The Morgan fingerprint density at radius 2 is 1.58 bits per heavy atom. The van der Waals surface area contributed by atoms with Crippen LogP contribution < -0.4 is 5.32 Å². The zero-order valence-electron chi connectivity index (χ0n) is 7.69. The average molecular weight is 164 g/mol. The predicted molar refractivity (Wildman–Crippen MR) is 47.5 cm³/mol. The molecule has 0 atom stereocenters. The molecule has 0 spiro atoms. The lowest BCUT2D eigenvalue weighted by molar-refractivity contribution is 0.0682. The SMILES string of the molecule is CNC12CCC(C#N)(CC1)CC2. The summed E-state index contributed by atoms with van der Waals surface area (Å²) in [4.78, 5) is 0. The van der Waals surface area contributed by atoms with Crippen molar-refractivity contribution in [1.29, 1.82) is 5.26 Å². The third kappa shape index (κ3) is 0.964. The molecule has 1 N–H and O–H groups in total. The van der Waals surface area contributed by atoms with Crippen LogP contribution in [0.1, 0.15) is 38.5 Å². The van der Waals surface area contributed by atoms with E-state index in [1.54, 1.807) is 0 Å². The molecule has 0 saturated heterocycles. The summed E-state index contributed by atoms with van der Waals surface area (Å²) in [7, 11) is 2.06. The van der Waals surface area contributed by atoms with Crippen LogP contribution in [0.25, 0.3) is 0 Å². The summed E-state index contributed by atoms with van der Waals surface area (Å²) in [5.74, 6) is 0. The Balaban J connectivity index is 2.15. The van der Waals surface area contributed by atoms with Gasteiger partial charge < -0.3 is 5.32 Å². The Morgan fingerprint density at radius 3 is 1.92 bits per heavy atom. The molecule has 3 fully saturated rings. The van der Waals surface area contributed by atoms with Gasteiger partial charge in [-0.15, -0.1) is 0 Å². The highest BCUT2D eigenvalue weighted by Gasteiger charge is 2.47. The molecule has 12 heavy (non-hydrogen) atoms. The summed E-state index contributed by atoms with van der Waals surface area (Å²) in [6, 6.07) is 2.52. The van der Waals surface area contributed by atoms with Gasteiger partial charge in [-0.25, -0.2) is 0 Å². The molecular formula is C10H16N2. The minimum atomic E-state index is 0.0681. The Morgan fingerprint density at radius 1 is 1.08 bits per heavy atom. The van der Waals surface area contributed by atoms with E-state index in [0.717, 1.165) is 19.3 Å². The van der Waals surface area contributed by atoms with E-state index in [4.69, 9.17) is 5.26 Å². The van der Waals surface area contributed by atoms with Gasteiger partial charge in [0, 0.05) is 5.54 Å². The number of fused-ring (bicyclic) bond motifs is 3. The monoisotopic (exact) mass is 164 g/mol. The van der Waals surface area contributed by atoms with Gasteiger partial charge in [0.05, 0.1) is 11.5 Å². The van der Waals surface area contributed by atoms with Gasteiger partial charge in [0.2, 0.25) is 0 Å². The summed E-state index contributed by atoms with van der Waals surface area (Å²) >= 11 is 0. The summed E-state index contributed by atoms with van der Waals surface area (Å²) in [6.45, 7) is 0. The number of rotatable bonds is 1. The smallest absolute Gasteiger partial charge is 0.0689 e. The summed E-state index contributed by atoms with van der Waals surface area (Å²) in [6.07, 6.45) is 6.96. The van der Waals surface area contributed by atoms with Gasteiger partial charge in [0.1, 0.15) is 0 Å². The van der Waals surface area contributed by atoms with Crippen molar-refractivity contribution in [3.8, 4) is 6.07 Å². The van der Waals surface area contributed by atoms with E-state index in [-0.39, 0.29) is 5.41 Å². The van der Waals surface area contributed by atoms with Crippen LogP contribution in [0.15, 0.2) is 0 Å². The lowest BCUT2D eigenvalue weighted by Crippen LogP contribution is -2.53. The minimum absolute atomic E-state index is 0.0681. The number of hydrogen-bond acceptors (Lipinski definition) is 2. The first-order valence-corrected chi connectivity index (χ1v) is 4.84. The van der Waals surface area contributed by atoms with E-state index in [0.29, 0.717) is 5.54 Å². The molecule has 0 amide bonds. The van der Waals surface area contributed by atoms with E-state index in [1.807, 2.05) is 0 Å². The van der Waals surface area contributed by atoms with Crippen LogP contribution in [0, 0.1) is 16.7 Å². The molecule has 0 aromatic carbocycles. The van der Waals surface area contributed by atoms with Crippen LogP contribution in [0.2, 0.25) is 0 Å². The maximum atomic E-state index is 9.05. The molecule has 0 radical (unpaired) electrons. The van der Waals surface area contributed by atoms with Gasteiger partial charge in [-0.1, -0.05) is 0 Å². The second kappa shape index (κ2) is 2.47. The second-order valence-electron chi connectivity index (χ2n) is 4.42. The van der Waals surface area contributed by atoms with Crippen molar-refractivity contribution in [1.82, 2.24) is 5.32 Å². The molecule has 0 unspecified atom stereocenters. The predicted octanol–water partition coefficient (Wildman–Crippen LogP) is 1.82. The van der Waals surface area contributed by atoms with Gasteiger partial charge in [-0.3, -0.25) is 0 Å².